The van der Waals surface area contributed by atoms with Crippen molar-refractivity contribution < 1.29 is 19.0 Å². The molecule has 0 heterocycles. The highest BCUT2D eigenvalue weighted by atomic mass is 16.5. The van der Waals surface area contributed by atoms with Crippen LogP contribution in [0.3, 0.4) is 0 Å². The number of amides is 1. The van der Waals surface area contributed by atoms with Crippen LogP contribution in [0.4, 0.5) is 5.69 Å². The number of ether oxygens (including phenoxy) is 3. The van der Waals surface area contributed by atoms with Gasteiger partial charge in [0, 0.05) is 37.0 Å². The molecule has 0 saturated heterocycles. The number of carbonyl (C=O) groups is 1. The third-order valence-electron chi connectivity index (χ3n) is 3.75. The van der Waals surface area contributed by atoms with Crippen molar-refractivity contribution in [1.29, 1.82) is 0 Å². The second-order valence-corrected chi connectivity index (χ2v) is 5.59. The summed E-state index contributed by atoms with van der Waals surface area (Å²) < 4.78 is 15.8. The largest absolute Gasteiger partial charge is 0.496 e. The minimum atomic E-state index is -0.300. The SMILES string of the molecule is COc1cc(OC)c(OC)cc1/C=N/NC(=O)c1ccc(N(C)C)cc1. The molecular formula is C19H23N3O4. The molecule has 2 rings (SSSR count). The molecule has 0 bridgehead atoms. The fourth-order valence-corrected chi connectivity index (χ4v) is 2.29. The van der Waals surface area contributed by atoms with Crippen LogP contribution in [0.2, 0.25) is 0 Å². The Labute approximate surface area is 153 Å². The molecule has 0 radical (unpaired) electrons. The minimum Gasteiger partial charge on any atom is -0.496 e. The fourth-order valence-electron chi connectivity index (χ4n) is 2.29. The van der Waals surface area contributed by atoms with Gasteiger partial charge in [-0.2, -0.15) is 5.10 Å². The first-order chi connectivity index (χ1) is 12.5. The monoisotopic (exact) mass is 357 g/mol. The Bertz CT molecular complexity index is 786. The zero-order valence-electron chi connectivity index (χ0n) is 15.6. The first-order valence-corrected chi connectivity index (χ1v) is 7.91. The van der Waals surface area contributed by atoms with Crippen LogP contribution >= 0.6 is 0 Å². The highest BCUT2D eigenvalue weighted by Gasteiger charge is 2.11. The summed E-state index contributed by atoms with van der Waals surface area (Å²) in [5, 5.41) is 4.00. The Morgan fingerprint density at radius 1 is 0.962 bits per heavy atom. The zero-order chi connectivity index (χ0) is 19.1. The molecule has 7 heteroatoms. The smallest absolute Gasteiger partial charge is 0.271 e. The van der Waals surface area contributed by atoms with Gasteiger partial charge in [0.1, 0.15) is 5.75 Å². The van der Waals surface area contributed by atoms with Gasteiger partial charge in [0.25, 0.3) is 5.91 Å². The van der Waals surface area contributed by atoms with Crippen LogP contribution in [0, 0.1) is 0 Å². The Kier molecular flexibility index (Phi) is 6.43. The van der Waals surface area contributed by atoms with Gasteiger partial charge in [-0.15, -0.1) is 0 Å². The van der Waals surface area contributed by atoms with Gasteiger partial charge in [-0.05, 0) is 30.3 Å². The van der Waals surface area contributed by atoms with E-state index >= 15 is 0 Å². The van der Waals surface area contributed by atoms with Gasteiger partial charge in [0.05, 0.1) is 27.5 Å². The number of hydrogen-bond acceptors (Lipinski definition) is 6. The Morgan fingerprint density at radius 3 is 2.08 bits per heavy atom. The molecule has 26 heavy (non-hydrogen) atoms. The zero-order valence-corrected chi connectivity index (χ0v) is 15.6. The molecule has 2 aromatic carbocycles. The van der Waals surface area contributed by atoms with Crippen LogP contribution in [-0.2, 0) is 0 Å². The number of anilines is 1. The van der Waals surface area contributed by atoms with E-state index in [4.69, 9.17) is 14.2 Å². The van der Waals surface area contributed by atoms with Crippen LogP contribution in [-0.4, -0.2) is 47.5 Å². The summed E-state index contributed by atoms with van der Waals surface area (Å²) >= 11 is 0. The number of hydrogen-bond donors (Lipinski definition) is 1. The molecular weight excluding hydrogens is 334 g/mol. The molecule has 2 aromatic rings. The van der Waals surface area contributed by atoms with Crippen LogP contribution in [0.15, 0.2) is 41.5 Å². The van der Waals surface area contributed by atoms with Crippen molar-refractivity contribution in [2.24, 2.45) is 5.10 Å². The Balaban J connectivity index is 2.13. The van der Waals surface area contributed by atoms with Crippen LogP contribution in [0.5, 0.6) is 17.2 Å². The molecule has 0 fully saturated rings. The highest BCUT2D eigenvalue weighted by Crippen LogP contribution is 2.33. The lowest BCUT2D eigenvalue weighted by molar-refractivity contribution is 0.0955. The second kappa shape index (κ2) is 8.75. The van der Waals surface area contributed by atoms with Gasteiger partial charge in [-0.25, -0.2) is 5.43 Å². The van der Waals surface area contributed by atoms with E-state index in [-0.39, 0.29) is 5.91 Å². The lowest BCUT2D eigenvalue weighted by Crippen LogP contribution is -2.18. The van der Waals surface area contributed by atoms with E-state index in [0.29, 0.717) is 28.4 Å². The summed E-state index contributed by atoms with van der Waals surface area (Å²) in [6.07, 6.45) is 1.49. The summed E-state index contributed by atoms with van der Waals surface area (Å²) in [6.45, 7) is 0. The van der Waals surface area contributed by atoms with Crippen molar-refractivity contribution in [3.63, 3.8) is 0 Å². The van der Waals surface area contributed by atoms with Crippen molar-refractivity contribution >= 4 is 17.8 Å². The molecule has 1 N–H and O–H groups in total. The standard InChI is InChI=1S/C19H23N3O4/c1-22(2)15-8-6-13(7-9-15)19(23)21-20-12-14-10-17(25-4)18(26-5)11-16(14)24-3/h6-12H,1-5H3,(H,21,23)/b20-12+. The average molecular weight is 357 g/mol. The summed E-state index contributed by atoms with van der Waals surface area (Å²) in [4.78, 5) is 14.1. The van der Waals surface area contributed by atoms with E-state index in [0.717, 1.165) is 5.69 Å². The summed E-state index contributed by atoms with van der Waals surface area (Å²) in [6, 6.07) is 10.7. The first-order valence-electron chi connectivity index (χ1n) is 7.91. The van der Waals surface area contributed by atoms with E-state index in [1.165, 1.54) is 6.21 Å². The van der Waals surface area contributed by atoms with Crippen molar-refractivity contribution in [3.8, 4) is 17.2 Å². The Morgan fingerprint density at radius 2 is 1.54 bits per heavy atom. The van der Waals surface area contributed by atoms with Crippen LogP contribution in [0.25, 0.3) is 0 Å². The molecule has 0 aliphatic rings. The van der Waals surface area contributed by atoms with Gasteiger partial charge in [-0.3, -0.25) is 4.79 Å². The molecule has 0 unspecified atom stereocenters. The quantitative estimate of drug-likeness (QED) is 0.609. The number of nitrogens with zero attached hydrogens (tertiary/aromatic N) is 2. The van der Waals surface area contributed by atoms with E-state index in [1.807, 2.05) is 31.1 Å². The number of benzene rings is 2. The third kappa shape index (κ3) is 4.44. The van der Waals surface area contributed by atoms with E-state index in [9.17, 15) is 4.79 Å². The topological polar surface area (TPSA) is 72.4 Å². The van der Waals surface area contributed by atoms with Crippen LogP contribution in [0.1, 0.15) is 15.9 Å². The van der Waals surface area contributed by atoms with Gasteiger partial charge in [0.2, 0.25) is 0 Å². The molecule has 0 saturated carbocycles. The lowest BCUT2D eigenvalue weighted by Gasteiger charge is -2.12. The van der Waals surface area contributed by atoms with Crippen LogP contribution < -0.4 is 24.5 Å². The molecule has 0 aliphatic carbocycles. The average Bonchev–Trinajstić information content (AvgIpc) is 2.67. The van der Waals surface area contributed by atoms with E-state index < -0.39 is 0 Å². The van der Waals surface area contributed by atoms with Crippen molar-refractivity contribution in [2.45, 2.75) is 0 Å². The number of nitrogens with one attached hydrogen (secondary N) is 1. The van der Waals surface area contributed by atoms with Crippen molar-refractivity contribution in [3.05, 3.63) is 47.5 Å². The van der Waals surface area contributed by atoms with Crippen molar-refractivity contribution in [2.75, 3.05) is 40.3 Å². The molecule has 0 aliphatic heterocycles. The molecule has 7 nitrogen and oxygen atoms in total. The van der Waals surface area contributed by atoms with E-state index in [2.05, 4.69) is 10.5 Å². The summed E-state index contributed by atoms with van der Waals surface area (Å²) in [5.74, 6) is 1.34. The highest BCUT2D eigenvalue weighted by molar-refractivity contribution is 5.95. The number of rotatable bonds is 7. The molecule has 138 valence electrons. The maximum Gasteiger partial charge on any atom is 0.271 e. The molecule has 1 amide bonds. The normalized spacial score (nSPS) is 10.5. The number of carbonyl (C=O) groups excluding carboxylic acids is 1. The number of hydrazone groups is 1. The van der Waals surface area contributed by atoms with Gasteiger partial charge in [-0.1, -0.05) is 0 Å². The molecule has 0 atom stereocenters. The molecule has 0 aromatic heterocycles. The summed E-state index contributed by atoms with van der Waals surface area (Å²) in [7, 11) is 8.52. The first kappa shape index (κ1) is 19.1. The molecule has 0 spiro atoms. The number of methoxy groups -OCH3 is 3. The van der Waals surface area contributed by atoms with Gasteiger partial charge < -0.3 is 19.1 Å². The van der Waals surface area contributed by atoms with Gasteiger partial charge in [0.15, 0.2) is 11.5 Å². The Hall–Kier alpha value is -3.22. The van der Waals surface area contributed by atoms with E-state index in [1.54, 1.807) is 45.6 Å². The predicted octanol–water partition coefficient (Wildman–Crippen LogP) is 2.54. The van der Waals surface area contributed by atoms with Crippen molar-refractivity contribution in [1.82, 2.24) is 5.43 Å². The second-order valence-electron chi connectivity index (χ2n) is 5.59. The summed E-state index contributed by atoms with van der Waals surface area (Å²) in [5.41, 5.74) is 4.68. The minimum absolute atomic E-state index is 0.300. The maximum absolute atomic E-state index is 12.2. The third-order valence-corrected chi connectivity index (χ3v) is 3.75. The predicted molar refractivity (Wildman–Crippen MR) is 102 cm³/mol. The lowest BCUT2D eigenvalue weighted by atomic mass is 10.2. The fraction of sp³-hybridized carbons (Fsp3) is 0.263. The maximum atomic E-state index is 12.2. The van der Waals surface area contributed by atoms with Gasteiger partial charge >= 0.3 is 0 Å².